The third-order valence-corrected chi connectivity index (χ3v) is 3.46. The molecule has 2 aromatic rings. The van der Waals surface area contributed by atoms with E-state index >= 15 is 0 Å². The SMILES string of the molecule is Cc1cc(N(C)CCc2cccs2)nc(N)n1. The number of thiophene rings is 1. The van der Waals surface area contributed by atoms with Gasteiger partial charge in [0.1, 0.15) is 5.82 Å². The van der Waals surface area contributed by atoms with Gasteiger partial charge in [0.15, 0.2) is 0 Å². The highest BCUT2D eigenvalue weighted by atomic mass is 32.1. The molecule has 0 spiro atoms. The molecule has 0 aliphatic heterocycles. The number of aryl methyl sites for hydroxylation is 1. The Balaban J connectivity index is 2.01. The molecule has 0 aliphatic rings. The minimum absolute atomic E-state index is 0.336. The number of nitrogen functional groups attached to an aromatic ring is 1. The van der Waals surface area contributed by atoms with Crippen LogP contribution < -0.4 is 10.6 Å². The molecule has 5 heteroatoms. The van der Waals surface area contributed by atoms with E-state index in [1.54, 1.807) is 11.3 Å². The van der Waals surface area contributed by atoms with Crippen molar-refractivity contribution in [3.8, 4) is 0 Å². The minimum Gasteiger partial charge on any atom is -0.368 e. The van der Waals surface area contributed by atoms with E-state index in [1.807, 2.05) is 20.0 Å². The van der Waals surface area contributed by atoms with Crippen LogP contribution in [0.5, 0.6) is 0 Å². The summed E-state index contributed by atoms with van der Waals surface area (Å²) in [5, 5.41) is 2.10. The van der Waals surface area contributed by atoms with Gasteiger partial charge < -0.3 is 10.6 Å². The molecular formula is C12H16N4S. The molecular weight excluding hydrogens is 232 g/mol. The van der Waals surface area contributed by atoms with Crippen LogP contribution in [0.4, 0.5) is 11.8 Å². The van der Waals surface area contributed by atoms with Gasteiger partial charge in [-0.2, -0.15) is 4.98 Å². The van der Waals surface area contributed by atoms with Crippen LogP contribution in [-0.2, 0) is 6.42 Å². The summed E-state index contributed by atoms with van der Waals surface area (Å²) in [7, 11) is 2.02. The van der Waals surface area contributed by atoms with Gasteiger partial charge in [-0.25, -0.2) is 4.98 Å². The summed E-state index contributed by atoms with van der Waals surface area (Å²) >= 11 is 1.78. The van der Waals surface area contributed by atoms with Crippen LogP contribution in [0.1, 0.15) is 10.6 Å². The van der Waals surface area contributed by atoms with Gasteiger partial charge in [-0.05, 0) is 24.8 Å². The van der Waals surface area contributed by atoms with Crippen LogP contribution in [0.2, 0.25) is 0 Å². The van der Waals surface area contributed by atoms with Crippen molar-refractivity contribution in [3.63, 3.8) is 0 Å². The Bertz CT molecular complexity index is 461. The standard InChI is InChI=1S/C12H16N4S/c1-9-8-11(15-12(13)14-9)16(2)6-5-10-4-3-7-17-10/h3-4,7-8H,5-6H2,1-2H3,(H2,13,14,15). The molecule has 0 aromatic carbocycles. The number of nitrogens with two attached hydrogens (primary N) is 1. The molecule has 17 heavy (non-hydrogen) atoms. The first kappa shape index (κ1) is 11.9. The van der Waals surface area contributed by atoms with Crippen LogP contribution in [0, 0.1) is 6.92 Å². The summed E-state index contributed by atoms with van der Waals surface area (Å²) < 4.78 is 0. The third kappa shape index (κ3) is 3.17. The Morgan fingerprint density at radius 3 is 2.88 bits per heavy atom. The smallest absolute Gasteiger partial charge is 0.222 e. The van der Waals surface area contributed by atoms with Gasteiger partial charge in [0, 0.05) is 30.2 Å². The van der Waals surface area contributed by atoms with E-state index in [9.17, 15) is 0 Å². The normalized spacial score (nSPS) is 10.5. The fraction of sp³-hybridized carbons (Fsp3) is 0.333. The summed E-state index contributed by atoms with van der Waals surface area (Å²) in [4.78, 5) is 11.8. The molecule has 0 unspecified atom stereocenters. The minimum atomic E-state index is 0.336. The maximum atomic E-state index is 5.64. The summed E-state index contributed by atoms with van der Waals surface area (Å²) in [6.45, 7) is 2.85. The van der Waals surface area contributed by atoms with Crippen molar-refractivity contribution in [2.45, 2.75) is 13.3 Å². The molecule has 0 atom stereocenters. The molecule has 90 valence electrons. The first-order valence-electron chi connectivity index (χ1n) is 5.50. The Morgan fingerprint density at radius 1 is 1.41 bits per heavy atom. The van der Waals surface area contributed by atoms with E-state index in [1.165, 1.54) is 4.88 Å². The molecule has 0 fully saturated rings. The number of hydrogen-bond donors (Lipinski definition) is 1. The van der Waals surface area contributed by atoms with Crippen molar-refractivity contribution < 1.29 is 0 Å². The quantitative estimate of drug-likeness (QED) is 0.900. The lowest BCUT2D eigenvalue weighted by Crippen LogP contribution is -2.21. The van der Waals surface area contributed by atoms with Gasteiger partial charge in [-0.1, -0.05) is 6.07 Å². The van der Waals surface area contributed by atoms with Crippen molar-refractivity contribution in [1.82, 2.24) is 9.97 Å². The van der Waals surface area contributed by atoms with Crippen LogP contribution >= 0.6 is 11.3 Å². The predicted octanol–water partition coefficient (Wildman–Crippen LogP) is 2.11. The molecule has 2 heterocycles. The Kier molecular flexibility index (Phi) is 3.58. The first-order chi connectivity index (χ1) is 8.15. The average molecular weight is 248 g/mol. The number of likely N-dealkylation sites (N-methyl/N-ethyl adjacent to an activating group) is 1. The van der Waals surface area contributed by atoms with Gasteiger partial charge >= 0.3 is 0 Å². The van der Waals surface area contributed by atoms with E-state index in [0.717, 1.165) is 24.5 Å². The molecule has 0 saturated heterocycles. The number of nitrogens with zero attached hydrogens (tertiary/aromatic N) is 3. The van der Waals surface area contributed by atoms with Crippen LogP contribution in [0.15, 0.2) is 23.6 Å². The zero-order valence-corrected chi connectivity index (χ0v) is 10.9. The molecule has 2 N–H and O–H groups in total. The molecule has 0 saturated carbocycles. The lowest BCUT2D eigenvalue weighted by atomic mass is 10.3. The van der Waals surface area contributed by atoms with E-state index < -0.39 is 0 Å². The van der Waals surface area contributed by atoms with Gasteiger partial charge in [0.25, 0.3) is 0 Å². The average Bonchev–Trinajstić information content (AvgIpc) is 2.77. The fourth-order valence-electron chi connectivity index (χ4n) is 1.62. The summed E-state index contributed by atoms with van der Waals surface area (Å²) in [6, 6.07) is 6.18. The maximum Gasteiger partial charge on any atom is 0.222 e. The van der Waals surface area contributed by atoms with E-state index in [-0.39, 0.29) is 0 Å². The van der Waals surface area contributed by atoms with E-state index in [0.29, 0.717) is 5.95 Å². The van der Waals surface area contributed by atoms with Gasteiger partial charge in [-0.3, -0.25) is 0 Å². The molecule has 2 aromatic heterocycles. The van der Waals surface area contributed by atoms with Gasteiger partial charge in [0.05, 0.1) is 0 Å². The highest BCUT2D eigenvalue weighted by Crippen LogP contribution is 2.14. The number of hydrogen-bond acceptors (Lipinski definition) is 5. The van der Waals surface area contributed by atoms with Crippen LogP contribution in [0.25, 0.3) is 0 Å². The molecule has 0 amide bonds. The highest BCUT2D eigenvalue weighted by molar-refractivity contribution is 7.09. The second kappa shape index (κ2) is 5.14. The molecule has 0 bridgehead atoms. The number of aromatic nitrogens is 2. The lowest BCUT2D eigenvalue weighted by Gasteiger charge is -2.18. The maximum absolute atomic E-state index is 5.64. The second-order valence-corrected chi connectivity index (χ2v) is 5.01. The van der Waals surface area contributed by atoms with Gasteiger partial charge in [-0.15, -0.1) is 11.3 Å². The van der Waals surface area contributed by atoms with Crippen molar-refractivity contribution in [2.75, 3.05) is 24.2 Å². The third-order valence-electron chi connectivity index (χ3n) is 2.52. The summed E-state index contributed by atoms with van der Waals surface area (Å²) in [6.07, 6.45) is 1.02. The van der Waals surface area contributed by atoms with Crippen molar-refractivity contribution >= 4 is 23.1 Å². The first-order valence-corrected chi connectivity index (χ1v) is 6.38. The zero-order chi connectivity index (χ0) is 12.3. The number of rotatable bonds is 4. The molecule has 0 aliphatic carbocycles. The van der Waals surface area contributed by atoms with Crippen LogP contribution in [0.3, 0.4) is 0 Å². The molecule has 0 radical (unpaired) electrons. The summed E-state index contributed by atoms with van der Waals surface area (Å²) in [5.41, 5.74) is 6.54. The molecule has 2 rings (SSSR count). The van der Waals surface area contributed by atoms with Crippen molar-refractivity contribution in [3.05, 3.63) is 34.2 Å². The lowest BCUT2D eigenvalue weighted by molar-refractivity contribution is 0.863. The monoisotopic (exact) mass is 248 g/mol. The van der Waals surface area contributed by atoms with Crippen LogP contribution in [-0.4, -0.2) is 23.6 Å². The van der Waals surface area contributed by atoms with Gasteiger partial charge in [0.2, 0.25) is 5.95 Å². The largest absolute Gasteiger partial charge is 0.368 e. The fourth-order valence-corrected chi connectivity index (χ4v) is 2.32. The predicted molar refractivity (Wildman–Crippen MR) is 72.5 cm³/mol. The van der Waals surface area contributed by atoms with E-state index in [2.05, 4.69) is 32.4 Å². The van der Waals surface area contributed by atoms with Crippen molar-refractivity contribution in [2.24, 2.45) is 0 Å². The Hall–Kier alpha value is -1.62. The second-order valence-electron chi connectivity index (χ2n) is 3.98. The molecule has 4 nitrogen and oxygen atoms in total. The van der Waals surface area contributed by atoms with E-state index in [4.69, 9.17) is 5.73 Å². The topological polar surface area (TPSA) is 55.0 Å². The Morgan fingerprint density at radius 2 is 2.24 bits per heavy atom. The zero-order valence-electron chi connectivity index (χ0n) is 10.1. The van der Waals surface area contributed by atoms with Crippen molar-refractivity contribution in [1.29, 1.82) is 0 Å². The highest BCUT2D eigenvalue weighted by Gasteiger charge is 2.05. The Labute approximate surface area is 105 Å². The number of anilines is 2. The summed E-state index contributed by atoms with van der Waals surface area (Å²) in [5.74, 6) is 1.22.